The number of aryl methyl sites for hydroxylation is 1. The maximum atomic E-state index is 12.0. The largest absolute Gasteiger partial charge is 0.349 e. The van der Waals surface area contributed by atoms with E-state index in [1.807, 2.05) is 43.3 Å². The lowest BCUT2D eigenvalue weighted by Crippen LogP contribution is -2.26. The van der Waals surface area contributed by atoms with Gasteiger partial charge in [-0.05, 0) is 25.0 Å². The van der Waals surface area contributed by atoms with Gasteiger partial charge in [0.2, 0.25) is 5.82 Å². The van der Waals surface area contributed by atoms with E-state index in [-0.39, 0.29) is 11.7 Å². The summed E-state index contributed by atoms with van der Waals surface area (Å²) in [6.07, 6.45) is 2.42. The van der Waals surface area contributed by atoms with Crippen LogP contribution in [0, 0.1) is 6.92 Å². The van der Waals surface area contributed by atoms with Crippen LogP contribution in [-0.2, 0) is 6.42 Å². The van der Waals surface area contributed by atoms with E-state index in [2.05, 4.69) is 20.4 Å². The van der Waals surface area contributed by atoms with Crippen LogP contribution in [0.5, 0.6) is 0 Å². The minimum atomic E-state index is -0.282. The van der Waals surface area contributed by atoms with Gasteiger partial charge in [-0.2, -0.15) is 4.98 Å². The van der Waals surface area contributed by atoms with Crippen LogP contribution in [0.3, 0.4) is 0 Å². The zero-order valence-corrected chi connectivity index (χ0v) is 11.7. The molecule has 6 heteroatoms. The van der Waals surface area contributed by atoms with Crippen molar-refractivity contribution < 1.29 is 4.79 Å². The third-order valence-electron chi connectivity index (χ3n) is 3.18. The first-order valence-electron chi connectivity index (χ1n) is 6.74. The van der Waals surface area contributed by atoms with Gasteiger partial charge in [0.25, 0.3) is 11.7 Å². The lowest BCUT2D eigenvalue weighted by Gasteiger charge is -2.02. The fourth-order valence-electron chi connectivity index (χ4n) is 2.05. The van der Waals surface area contributed by atoms with Gasteiger partial charge in [0.05, 0.1) is 0 Å². The monoisotopic (exact) mass is 281 g/mol. The maximum absolute atomic E-state index is 12.0. The number of hydrogen-bond acceptors (Lipinski definition) is 4. The quantitative estimate of drug-likeness (QED) is 0.784. The van der Waals surface area contributed by atoms with E-state index in [9.17, 15) is 4.79 Å². The highest BCUT2D eigenvalue weighted by Crippen LogP contribution is 2.02. The van der Waals surface area contributed by atoms with Crippen LogP contribution in [0.1, 0.15) is 21.9 Å². The van der Waals surface area contributed by atoms with Gasteiger partial charge in [0.1, 0.15) is 0 Å². The Labute approximate surface area is 121 Å². The SMILES string of the molecule is Cc1ccnc2nc(C(=O)NCCc3ccccc3)nn12. The van der Waals surface area contributed by atoms with Crippen molar-refractivity contribution in [3.8, 4) is 0 Å². The number of fused-ring (bicyclic) bond motifs is 1. The zero-order valence-electron chi connectivity index (χ0n) is 11.7. The number of rotatable bonds is 4. The van der Waals surface area contributed by atoms with Crippen LogP contribution < -0.4 is 5.32 Å². The summed E-state index contributed by atoms with van der Waals surface area (Å²) in [5.74, 6) is 0.295. The molecular weight excluding hydrogens is 266 g/mol. The number of nitrogens with one attached hydrogen (secondary N) is 1. The Hall–Kier alpha value is -2.76. The predicted molar refractivity (Wildman–Crippen MR) is 78.0 cm³/mol. The number of benzene rings is 1. The summed E-state index contributed by atoms with van der Waals surface area (Å²) in [6.45, 7) is 2.44. The molecule has 1 N–H and O–H groups in total. The smallest absolute Gasteiger partial charge is 0.291 e. The lowest BCUT2D eigenvalue weighted by atomic mass is 10.1. The van der Waals surface area contributed by atoms with Crippen molar-refractivity contribution >= 4 is 11.7 Å². The van der Waals surface area contributed by atoms with E-state index in [0.717, 1.165) is 12.1 Å². The average Bonchev–Trinajstić information content (AvgIpc) is 2.94. The molecule has 0 aliphatic rings. The Kier molecular flexibility index (Phi) is 3.59. The molecule has 6 nitrogen and oxygen atoms in total. The third-order valence-corrected chi connectivity index (χ3v) is 3.18. The Morgan fingerprint density at radius 2 is 2.05 bits per heavy atom. The first-order valence-corrected chi connectivity index (χ1v) is 6.74. The first-order chi connectivity index (χ1) is 10.2. The summed E-state index contributed by atoms with van der Waals surface area (Å²) in [5.41, 5.74) is 2.06. The molecular formula is C15H15N5O. The van der Waals surface area contributed by atoms with Gasteiger partial charge in [-0.3, -0.25) is 4.79 Å². The molecule has 0 bridgehead atoms. The Bertz CT molecular complexity index is 766. The second-order valence-electron chi connectivity index (χ2n) is 4.72. The lowest BCUT2D eigenvalue weighted by molar-refractivity contribution is 0.0944. The molecule has 2 heterocycles. The molecule has 0 atom stereocenters. The Balaban J connectivity index is 1.65. The van der Waals surface area contributed by atoms with Gasteiger partial charge in [-0.1, -0.05) is 30.3 Å². The van der Waals surface area contributed by atoms with Gasteiger partial charge in [-0.25, -0.2) is 9.50 Å². The fourth-order valence-corrected chi connectivity index (χ4v) is 2.05. The summed E-state index contributed by atoms with van der Waals surface area (Å²) in [5, 5.41) is 6.99. The van der Waals surface area contributed by atoms with Gasteiger partial charge < -0.3 is 5.32 Å². The molecule has 0 radical (unpaired) electrons. The van der Waals surface area contributed by atoms with Crippen molar-refractivity contribution in [3.63, 3.8) is 0 Å². The molecule has 0 spiro atoms. The molecule has 0 unspecified atom stereocenters. The van der Waals surface area contributed by atoms with E-state index in [0.29, 0.717) is 12.3 Å². The number of aromatic nitrogens is 4. The van der Waals surface area contributed by atoms with E-state index < -0.39 is 0 Å². The van der Waals surface area contributed by atoms with Crippen molar-refractivity contribution in [2.75, 3.05) is 6.54 Å². The molecule has 0 saturated heterocycles. The summed E-state index contributed by atoms with van der Waals surface area (Å²) in [6, 6.07) is 11.8. The first kappa shape index (κ1) is 13.2. The van der Waals surface area contributed by atoms with E-state index in [1.54, 1.807) is 10.7 Å². The van der Waals surface area contributed by atoms with Crippen LogP contribution in [-0.4, -0.2) is 32.0 Å². The van der Waals surface area contributed by atoms with Crippen molar-refractivity contribution in [3.05, 3.63) is 59.7 Å². The topological polar surface area (TPSA) is 72.2 Å². The molecule has 1 amide bonds. The summed E-state index contributed by atoms with van der Waals surface area (Å²) >= 11 is 0. The minimum absolute atomic E-state index is 0.143. The van der Waals surface area contributed by atoms with Crippen molar-refractivity contribution in [1.29, 1.82) is 0 Å². The standard InChI is InChI=1S/C15H15N5O/c1-11-7-9-17-15-18-13(19-20(11)15)14(21)16-10-8-12-5-3-2-4-6-12/h2-7,9H,8,10H2,1H3,(H,16,21). The molecule has 3 aromatic rings. The second-order valence-corrected chi connectivity index (χ2v) is 4.72. The van der Waals surface area contributed by atoms with E-state index >= 15 is 0 Å². The zero-order chi connectivity index (χ0) is 14.7. The molecule has 0 aliphatic carbocycles. The highest BCUT2D eigenvalue weighted by Gasteiger charge is 2.13. The molecule has 0 aliphatic heterocycles. The number of nitrogens with zero attached hydrogens (tertiary/aromatic N) is 4. The van der Waals surface area contributed by atoms with Crippen LogP contribution in [0.4, 0.5) is 0 Å². The highest BCUT2D eigenvalue weighted by atomic mass is 16.2. The minimum Gasteiger partial charge on any atom is -0.349 e. The van der Waals surface area contributed by atoms with Crippen LogP contribution >= 0.6 is 0 Å². The van der Waals surface area contributed by atoms with E-state index in [4.69, 9.17) is 0 Å². The van der Waals surface area contributed by atoms with Gasteiger partial charge in [0.15, 0.2) is 0 Å². The number of carbonyl (C=O) groups excluding carboxylic acids is 1. The highest BCUT2D eigenvalue weighted by molar-refractivity contribution is 5.90. The van der Waals surface area contributed by atoms with Crippen molar-refractivity contribution in [2.45, 2.75) is 13.3 Å². The molecule has 3 rings (SSSR count). The van der Waals surface area contributed by atoms with Crippen LogP contribution in [0.2, 0.25) is 0 Å². The van der Waals surface area contributed by atoms with Crippen LogP contribution in [0.25, 0.3) is 5.78 Å². The number of carbonyl (C=O) groups is 1. The fraction of sp³-hybridized carbons (Fsp3) is 0.200. The predicted octanol–water partition coefficient (Wildman–Crippen LogP) is 1.41. The molecule has 2 aromatic heterocycles. The van der Waals surface area contributed by atoms with Crippen molar-refractivity contribution in [1.82, 2.24) is 24.9 Å². The van der Waals surface area contributed by atoms with Gasteiger partial charge in [0, 0.05) is 18.4 Å². The summed E-state index contributed by atoms with van der Waals surface area (Å²) in [4.78, 5) is 20.2. The molecule has 21 heavy (non-hydrogen) atoms. The van der Waals surface area contributed by atoms with E-state index in [1.165, 1.54) is 5.56 Å². The average molecular weight is 281 g/mol. The number of hydrogen-bond donors (Lipinski definition) is 1. The molecule has 1 aromatic carbocycles. The summed E-state index contributed by atoms with van der Waals surface area (Å²) < 4.78 is 1.56. The van der Waals surface area contributed by atoms with Crippen LogP contribution in [0.15, 0.2) is 42.6 Å². The van der Waals surface area contributed by atoms with Gasteiger partial charge in [-0.15, -0.1) is 5.10 Å². The third kappa shape index (κ3) is 2.89. The normalized spacial score (nSPS) is 10.7. The number of amides is 1. The van der Waals surface area contributed by atoms with Gasteiger partial charge >= 0.3 is 0 Å². The molecule has 106 valence electrons. The Morgan fingerprint density at radius 1 is 1.24 bits per heavy atom. The van der Waals surface area contributed by atoms with Crippen molar-refractivity contribution in [2.24, 2.45) is 0 Å². The molecule has 0 saturated carbocycles. The second kappa shape index (κ2) is 5.70. The summed E-state index contributed by atoms with van der Waals surface area (Å²) in [7, 11) is 0. The maximum Gasteiger partial charge on any atom is 0.291 e. The molecule has 0 fully saturated rings. The Morgan fingerprint density at radius 3 is 2.81 bits per heavy atom.